The lowest BCUT2D eigenvalue weighted by atomic mass is 9.81. The Hall–Kier alpha value is -3.01. The highest BCUT2D eigenvalue weighted by Gasteiger charge is 2.48. The van der Waals surface area contributed by atoms with Gasteiger partial charge in [-0.1, -0.05) is 24.3 Å². The van der Waals surface area contributed by atoms with E-state index < -0.39 is 11.9 Å². The Labute approximate surface area is 208 Å². The molecule has 0 bridgehead atoms. The fraction of sp³-hybridized carbons (Fsp3) is 0.481. The molecule has 1 aliphatic carbocycles. The number of hydrogen-bond donors (Lipinski definition) is 3. The molecule has 3 aromatic rings. The molecule has 0 spiro atoms. The normalized spacial score (nSPS) is 29.9. The van der Waals surface area contributed by atoms with Gasteiger partial charge >= 0.3 is 0 Å². The number of benzene rings is 1. The summed E-state index contributed by atoms with van der Waals surface area (Å²) < 4.78 is 32.3. The maximum Gasteiger partial charge on any atom is 0.217 e. The molecule has 9 heteroatoms. The number of hydrogen-bond acceptors (Lipinski definition) is 6. The molecule has 3 aliphatic rings. The summed E-state index contributed by atoms with van der Waals surface area (Å²) in [6, 6.07) is 11.4. The summed E-state index contributed by atoms with van der Waals surface area (Å²) in [5.41, 5.74) is 3.39. The van der Waals surface area contributed by atoms with Gasteiger partial charge in [-0.2, -0.15) is 0 Å². The number of aliphatic hydroxyl groups is 1. The second kappa shape index (κ2) is 9.46. The standard InChI is InChI=1S/C27H30FN3O5/c1-14(32)29-18-8-6-16(7-9-18)15-2-4-17(5-3-15)25-19(28)10-20-21(31-25)11-24(30-20)36-23-13-35-26-22(33)12-34-27(23)26/h2-5,10-11,16,18,22-23,26-27,30,33H,6-9,12-13H2,1H3,(H,29,32)/t16?,18?,22-,23-,26-,27-/m1/s1. The highest BCUT2D eigenvalue weighted by Crippen LogP contribution is 2.35. The van der Waals surface area contributed by atoms with E-state index in [2.05, 4.69) is 27.4 Å². The number of aromatic amines is 1. The van der Waals surface area contributed by atoms with Crippen LogP contribution in [0.5, 0.6) is 5.88 Å². The quantitative estimate of drug-likeness (QED) is 0.501. The van der Waals surface area contributed by atoms with Crippen molar-refractivity contribution in [2.75, 3.05) is 13.2 Å². The van der Waals surface area contributed by atoms with Crippen LogP contribution in [0.15, 0.2) is 36.4 Å². The molecule has 6 rings (SSSR count). The second-order valence-electron chi connectivity index (χ2n) is 10.1. The molecule has 36 heavy (non-hydrogen) atoms. The number of halogens is 1. The van der Waals surface area contributed by atoms with Crippen LogP contribution in [-0.2, 0) is 14.3 Å². The molecular formula is C27H30FN3O5. The number of carbonyl (C=O) groups is 1. The van der Waals surface area contributed by atoms with Gasteiger partial charge < -0.3 is 29.6 Å². The third-order valence-corrected chi connectivity index (χ3v) is 7.58. The summed E-state index contributed by atoms with van der Waals surface area (Å²) in [5, 5.41) is 12.9. The molecule has 3 N–H and O–H groups in total. The summed E-state index contributed by atoms with van der Waals surface area (Å²) in [7, 11) is 0. The van der Waals surface area contributed by atoms with Crippen molar-refractivity contribution in [2.45, 2.75) is 69.0 Å². The van der Waals surface area contributed by atoms with Crippen molar-refractivity contribution in [1.82, 2.24) is 15.3 Å². The topological polar surface area (TPSA) is 106 Å². The first kappa shape index (κ1) is 23.4. The van der Waals surface area contributed by atoms with E-state index in [1.807, 2.05) is 12.1 Å². The summed E-state index contributed by atoms with van der Waals surface area (Å²) in [6.07, 6.45) is 2.28. The average Bonchev–Trinajstić information content (AvgIpc) is 3.55. The zero-order valence-corrected chi connectivity index (χ0v) is 20.1. The van der Waals surface area contributed by atoms with Gasteiger partial charge in [0.1, 0.15) is 24.0 Å². The maximum absolute atomic E-state index is 15.0. The van der Waals surface area contributed by atoms with E-state index in [-0.39, 0.29) is 36.9 Å². The van der Waals surface area contributed by atoms with E-state index in [9.17, 15) is 9.90 Å². The van der Waals surface area contributed by atoms with Crippen LogP contribution in [0.1, 0.15) is 44.1 Å². The second-order valence-corrected chi connectivity index (χ2v) is 10.1. The third kappa shape index (κ3) is 4.47. The zero-order chi connectivity index (χ0) is 24.8. The fourth-order valence-corrected chi connectivity index (χ4v) is 5.75. The van der Waals surface area contributed by atoms with Gasteiger partial charge in [0, 0.05) is 30.7 Å². The van der Waals surface area contributed by atoms with Gasteiger partial charge in [0.05, 0.1) is 24.2 Å². The summed E-state index contributed by atoms with van der Waals surface area (Å²) in [6.45, 7) is 2.11. The van der Waals surface area contributed by atoms with Crippen LogP contribution < -0.4 is 10.1 Å². The van der Waals surface area contributed by atoms with Crippen molar-refractivity contribution in [2.24, 2.45) is 0 Å². The van der Waals surface area contributed by atoms with Crippen molar-refractivity contribution < 1.29 is 28.5 Å². The zero-order valence-electron chi connectivity index (χ0n) is 20.1. The number of pyridine rings is 1. The number of ether oxygens (including phenoxy) is 3. The molecule has 2 aromatic heterocycles. The largest absolute Gasteiger partial charge is 0.470 e. The molecule has 4 atom stereocenters. The van der Waals surface area contributed by atoms with Crippen LogP contribution in [0.2, 0.25) is 0 Å². The summed E-state index contributed by atoms with van der Waals surface area (Å²) in [5.74, 6) is 0.515. The molecule has 0 unspecified atom stereocenters. The van der Waals surface area contributed by atoms with Gasteiger partial charge in [-0.25, -0.2) is 9.37 Å². The van der Waals surface area contributed by atoms with E-state index in [1.54, 1.807) is 13.0 Å². The lowest BCUT2D eigenvalue weighted by Crippen LogP contribution is -2.35. The lowest BCUT2D eigenvalue weighted by Gasteiger charge is -2.29. The predicted molar refractivity (Wildman–Crippen MR) is 130 cm³/mol. The van der Waals surface area contributed by atoms with Gasteiger partial charge in [-0.15, -0.1) is 0 Å². The van der Waals surface area contributed by atoms with Crippen molar-refractivity contribution in [3.05, 3.63) is 47.8 Å². The Kier molecular flexibility index (Phi) is 6.15. The fourth-order valence-electron chi connectivity index (χ4n) is 5.75. The maximum atomic E-state index is 15.0. The van der Waals surface area contributed by atoms with E-state index >= 15 is 4.39 Å². The van der Waals surface area contributed by atoms with Crippen molar-refractivity contribution in [3.8, 4) is 17.1 Å². The number of fused-ring (bicyclic) bond motifs is 2. The number of nitrogens with one attached hydrogen (secondary N) is 2. The van der Waals surface area contributed by atoms with Crippen LogP contribution in [0.25, 0.3) is 22.3 Å². The average molecular weight is 496 g/mol. The first-order valence-electron chi connectivity index (χ1n) is 12.6. The Morgan fingerprint density at radius 3 is 2.61 bits per heavy atom. The number of aromatic nitrogens is 2. The van der Waals surface area contributed by atoms with Gasteiger partial charge in [0.2, 0.25) is 5.91 Å². The minimum Gasteiger partial charge on any atom is -0.470 e. The number of H-pyrrole nitrogens is 1. The molecular weight excluding hydrogens is 465 g/mol. The molecule has 1 aromatic carbocycles. The predicted octanol–water partition coefficient (Wildman–Crippen LogP) is 3.44. The van der Waals surface area contributed by atoms with Crippen molar-refractivity contribution in [1.29, 1.82) is 0 Å². The van der Waals surface area contributed by atoms with E-state index in [0.29, 0.717) is 40.7 Å². The number of rotatable bonds is 5. The molecule has 0 radical (unpaired) electrons. The van der Waals surface area contributed by atoms with Crippen molar-refractivity contribution >= 4 is 16.9 Å². The highest BCUT2D eigenvalue weighted by molar-refractivity contribution is 5.81. The van der Waals surface area contributed by atoms with Gasteiger partial charge in [-0.05, 0) is 37.2 Å². The number of aliphatic hydroxyl groups excluding tert-OH is 1. The minimum atomic E-state index is -0.644. The van der Waals surface area contributed by atoms with E-state index in [4.69, 9.17) is 14.2 Å². The third-order valence-electron chi connectivity index (χ3n) is 7.58. The van der Waals surface area contributed by atoms with Crippen LogP contribution in [-0.4, -0.2) is 64.7 Å². The first-order valence-corrected chi connectivity index (χ1v) is 12.6. The van der Waals surface area contributed by atoms with Gasteiger partial charge in [0.25, 0.3) is 0 Å². The lowest BCUT2D eigenvalue weighted by molar-refractivity contribution is -0.119. The molecule has 1 amide bonds. The minimum absolute atomic E-state index is 0.0271. The first-order chi connectivity index (χ1) is 17.4. The Bertz CT molecular complexity index is 1250. The van der Waals surface area contributed by atoms with Crippen LogP contribution in [0.4, 0.5) is 4.39 Å². The van der Waals surface area contributed by atoms with Crippen LogP contribution in [0, 0.1) is 5.82 Å². The Balaban J connectivity index is 1.16. The molecule has 190 valence electrons. The molecule has 3 fully saturated rings. The molecule has 8 nitrogen and oxygen atoms in total. The number of carbonyl (C=O) groups excluding carboxylic acids is 1. The van der Waals surface area contributed by atoms with Gasteiger partial charge in [0.15, 0.2) is 17.8 Å². The highest BCUT2D eigenvalue weighted by atomic mass is 19.1. The Morgan fingerprint density at radius 1 is 1.11 bits per heavy atom. The number of amides is 1. The monoisotopic (exact) mass is 495 g/mol. The molecule has 1 saturated carbocycles. The van der Waals surface area contributed by atoms with Crippen molar-refractivity contribution in [3.63, 3.8) is 0 Å². The smallest absolute Gasteiger partial charge is 0.217 e. The van der Waals surface area contributed by atoms with E-state index in [1.165, 1.54) is 11.6 Å². The molecule has 2 aliphatic heterocycles. The Morgan fingerprint density at radius 2 is 1.86 bits per heavy atom. The number of nitrogens with zero attached hydrogens (tertiary/aromatic N) is 1. The van der Waals surface area contributed by atoms with Gasteiger partial charge in [-0.3, -0.25) is 4.79 Å². The van der Waals surface area contributed by atoms with Crippen LogP contribution in [0.3, 0.4) is 0 Å². The summed E-state index contributed by atoms with van der Waals surface area (Å²) in [4.78, 5) is 18.9. The molecule has 2 saturated heterocycles. The van der Waals surface area contributed by atoms with E-state index in [0.717, 1.165) is 25.7 Å². The summed E-state index contributed by atoms with van der Waals surface area (Å²) >= 11 is 0. The van der Waals surface area contributed by atoms with Crippen LogP contribution >= 0.6 is 0 Å². The SMILES string of the molecule is CC(=O)NC1CCC(c2ccc(-c3nc4cc(O[C@@H]5CO[C@H]6[C@@H]5OC[C@H]6O)[nH]c4cc3F)cc2)CC1. The molecule has 4 heterocycles.